The number of aldehydes is 1. The van der Waals surface area contributed by atoms with Crippen molar-refractivity contribution < 1.29 is 13.2 Å². The van der Waals surface area contributed by atoms with Gasteiger partial charge >= 0.3 is 0 Å². The molecule has 0 saturated carbocycles. The first-order valence-corrected chi connectivity index (χ1v) is 9.61. The Bertz CT molecular complexity index is 589. The van der Waals surface area contributed by atoms with Crippen LogP contribution >= 0.6 is 27.7 Å². The van der Waals surface area contributed by atoms with E-state index in [1.807, 2.05) is 4.90 Å². The molecule has 0 N–H and O–H groups in total. The van der Waals surface area contributed by atoms with Gasteiger partial charge in [0.1, 0.15) is 11.7 Å². The molecule has 1 aromatic rings. The van der Waals surface area contributed by atoms with Crippen LogP contribution in [-0.4, -0.2) is 44.4 Å². The average Bonchev–Trinajstić information content (AvgIpc) is 2.37. The number of thioether (sulfide) groups is 1. The topological polar surface area (TPSA) is 54.5 Å². The lowest BCUT2D eigenvalue weighted by atomic mass is 10.2. The molecule has 1 atom stereocenters. The standard InChI is InChI=1S/C12H14BrNO3S2/c1-19(16,17)12-8-18-5-4-14(12)11-3-2-9(7-15)6-10(11)13/h2-3,6-7,12H,4-5,8H2,1H3. The Morgan fingerprint density at radius 2 is 2.21 bits per heavy atom. The van der Waals surface area contributed by atoms with Crippen molar-refractivity contribution in [2.45, 2.75) is 5.37 Å². The van der Waals surface area contributed by atoms with E-state index in [2.05, 4.69) is 15.9 Å². The Labute approximate surface area is 125 Å². The van der Waals surface area contributed by atoms with E-state index in [-0.39, 0.29) is 0 Å². The Kier molecular flexibility index (Phi) is 4.58. The number of anilines is 1. The Balaban J connectivity index is 2.40. The van der Waals surface area contributed by atoms with Gasteiger partial charge in [-0.1, -0.05) is 0 Å². The zero-order chi connectivity index (χ0) is 14.0. The lowest BCUT2D eigenvalue weighted by Gasteiger charge is -2.36. The zero-order valence-corrected chi connectivity index (χ0v) is 13.6. The fourth-order valence-electron chi connectivity index (χ4n) is 2.04. The average molecular weight is 364 g/mol. The van der Waals surface area contributed by atoms with Crippen LogP contribution in [0.15, 0.2) is 22.7 Å². The lowest BCUT2D eigenvalue weighted by Crippen LogP contribution is -2.47. The molecule has 1 saturated heterocycles. The molecule has 2 rings (SSSR count). The summed E-state index contributed by atoms with van der Waals surface area (Å²) in [5.41, 5.74) is 1.39. The molecule has 1 unspecified atom stereocenters. The lowest BCUT2D eigenvalue weighted by molar-refractivity contribution is 0.112. The van der Waals surface area contributed by atoms with E-state index in [9.17, 15) is 13.2 Å². The highest BCUT2D eigenvalue weighted by molar-refractivity contribution is 9.10. The van der Waals surface area contributed by atoms with E-state index in [0.29, 0.717) is 17.9 Å². The second kappa shape index (κ2) is 5.85. The van der Waals surface area contributed by atoms with Crippen LogP contribution in [-0.2, 0) is 9.84 Å². The molecule has 0 aromatic heterocycles. The summed E-state index contributed by atoms with van der Waals surface area (Å²) in [7, 11) is -3.14. The normalized spacial score (nSPS) is 20.3. The number of hydrogen-bond donors (Lipinski definition) is 0. The number of carbonyl (C=O) groups is 1. The highest BCUT2D eigenvalue weighted by Crippen LogP contribution is 2.32. The third-order valence-corrected chi connectivity index (χ3v) is 6.27. The molecule has 1 aliphatic heterocycles. The van der Waals surface area contributed by atoms with Crippen molar-refractivity contribution in [2.75, 3.05) is 29.2 Å². The minimum absolute atomic E-state index is 0.510. The molecule has 0 amide bonds. The summed E-state index contributed by atoms with van der Waals surface area (Å²) in [6.07, 6.45) is 2.04. The van der Waals surface area contributed by atoms with Crippen molar-refractivity contribution in [1.82, 2.24) is 0 Å². The van der Waals surface area contributed by atoms with Gasteiger partial charge in [0.25, 0.3) is 0 Å². The Hall–Kier alpha value is -0.530. The number of hydrogen-bond acceptors (Lipinski definition) is 5. The van der Waals surface area contributed by atoms with Crippen molar-refractivity contribution in [1.29, 1.82) is 0 Å². The van der Waals surface area contributed by atoms with Crippen molar-refractivity contribution >= 4 is 49.5 Å². The van der Waals surface area contributed by atoms with Crippen molar-refractivity contribution in [2.24, 2.45) is 0 Å². The van der Waals surface area contributed by atoms with E-state index in [1.54, 1.807) is 30.0 Å². The van der Waals surface area contributed by atoms with Gasteiger partial charge in [0, 0.05) is 34.3 Å². The molecule has 1 aliphatic rings. The molecule has 19 heavy (non-hydrogen) atoms. The molecule has 0 radical (unpaired) electrons. The van der Waals surface area contributed by atoms with Gasteiger partial charge in [-0.05, 0) is 34.1 Å². The molecule has 0 spiro atoms. The van der Waals surface area contributed by atoms with Crippen LogP contribution < -0.4 is 4.90 Å². The maximum absolute atomic E-state index is 11.9. The maximum atomic E-state index is 11.9. The van der Waals surface area contributed by atoms with E-state index >= 15 is 0 Å². The van der Waals surface area contributed by atoms with E-state index < -0.39 is 15.2 Å². The van der Waals surface area contributed by atoms with Gasteiger partial charge in [-0.3, -0.25) is 4.79 Å². The molecule has 0 bridgehead atoms. The van der Waals surface area contributed by atoms with Crippen LogP contribution in [0.4, 0.5) is 5.69 Å². The molecular weight excluding hydrogens is 350 g/mol. The molecule has 1 fully saturated rings. The molecule has 7 heteroatoms. The summed E-state index contributed by atoms with van der Waals surface area (Å²) in [6.45, 7) is 0.682. The minimum atomic E-state index is -3.14. The summed E-state index contributed by atoms with van der Waals surface area (Å²) in [5.74, 6) is 1.47. The van der Waals surface area contributed by atoms with E-state index in [1.165, 1.54) is 6.26 Å². The number of nitrogens with zero attached hydrogens (tertiary/aromatic N) is 1. The van der Waals surface area contributed by atoms with Gasteiger partial charge in [-0.2, -0.15) is 11.8 Å². The third-order valence-electron chi connectivity index (χ3n) is 3.00. The van der Waals surface area contributed by atoms with Gasteiger partial charge < -0.3 is 4.90 Å². The fraction of sp³-hybridized carbons (Fsp3) is 0.417. The van der Waals surface area contributed by atoms with Crippen molar-refractivity contribution in [3.63, 3.8) is 0 Å². The quantitative estimate of drug-likeness (QED) is 0.770. The van der Waals surface area contributed by atoms with Crippen LogP contribution in [0.25, 0.3) is 0 Å². The minimum Gasteiger partial charge on any atom is -0.353 e. The SMILES string of the molecule is CS(=O)(=O)C1CSCCN1c1ccc(C=O)cc1Br. The van der Waals surface area contributed by atoms with Crippen LogP contribution in [0.2, 0.25) is 0 Å². The number of sulfone groups is 1. The van der Waals surface area contributed by atoms with Gasteiger partial charge in [-0.15, -0.1) is 0 Å². The highest BCUT2D eigenvalue weighted by atomic mass is 79.9. The number of rotatable bonds is 3. The summed E-state index contributed by atoms with van der Waals surface area (Å²) < 4.78 is 24.5. The molecule has 1 heterocycles. The van der Waals surface area contributed by atoms with Crippen molar-refractivity contribution in [3.8, 4) is 0 Å². The molecule has 1 aromatic carbocycles. The zero-order valence-electron chi connectivity index (χ0n) is 10.4. The second-order valence-corrected chi connectivity index (χ2v) is 8.59. The summed E-state index contributed by atoms with van der Waals surface area (Å²) in [4.78, 5) is 12.6. The summed E-state index contributed by atoms with van der Waals surface area (Å²) >= 11 is 5.07. The first-order chi connectivity index (χ1) is 8.93. The second-order valence-electron chi connectivity index (χ2n) is 4.38. The number of halogens is 1. The van der Waals surface area contributed by atoms with E-state index in [0.717, 1.165) is 22.2 Å². The molecule has 104 valence electrons. The largest absolute Gasteiger partial charge is 0.353 e. The van der Waals surface area contributed by atoms with Crippen LogP contribution in [0.5, 0.6) is 0 Å². The predicted molar refractivity (Wildman–Crippen MR) is 82.8 cm³/mol. The summed E-state index contributed by atoms with van der Waals surface area (Å²) in [6, 6.07) is 5.21. The van der Waals surface area contributed by atoms with Gasteiger partial charge in [0.2, 0.25) is 0 Å². The predicted octanol–water partition coefficient (Wildman–Crippen LogP) is 2.19. The van der Waals surface area contributed by atoms with Crippen LogP contribution in [0.3, 0.4) is 0 Å². The number of benzene rings is 1. The third kappa shape index (κ3) is 3.32. The number of carbonyl (C=O) groups excluding carboxylic acids is 1. The van der Waals surface area contributed by atoms with Crippen molar-refractivity contribution in [3.05, 3.63) is 28.2 Å². The highest BCUT2D eigenvalue weighted by Gasteiger charge is 2.31. The Morgan fingerprint density at radius 1 is 1.47 bits per heavy atom. The maximum Gasteiger partial charge on any atom is 0.169 e. The van der Waals surface area contributed by atoms with Crippen LogP contribution in [0, 0.1) is 0 Å². The first-order valence-electron chi connectivity index (χ1n) is 5.71. The van der Waals surface area contributed by atoms with Crippen LogP contribution in [0.1, 0.15) is 10.4 Å². The molecule has 0 aliphatic carbocycles. The molecule has 4 nitrogen and oxygen atoms in total. The smallest absolute Gasteiger partial charge is 0.169 e. The first kappa shape index (κ1) is 14.9. The fourth-order valence-corrected chi connectivity index (χ4v) is 5.50. The van der Waals surface area contributed by atoms with Gasteiger partial charge in [-0.25, -0.2) is 8.42 Å². The summed E-state index contributed by atoms with van der Waals surface area (Å²) in [5, 5.41) is -0.510. The van der Waals surface area contributed by atoms with Gasteiger partial charge in [0.05, 0.1) is 5.69 Å². The monoisotopic (exact) mass is 363 g/mol. The Morgan fingerprint density at radius 3 is 2.79 bits per heavy atom. The molecular formula is C12H14BrNO3S2. The van der Waals surface area contributed by atoms with E-state index in [4.69, 9.17) is 0 Å². The van der Waals surface area contributed by atoms with Gasteiger partial charge in [0.15, 0.2) is 9.84 Å².